The topological polar surface area (TPSA) is 29.5 Å². The van der Waals surface area contributed by atoms with Crippen molar-refractivity contribution in [2.45, 2.75) is 6.42 Å². The van der Waals surface area contributed by atoms with Crippen LogP contribution in [0.3, 0.4) is 0 Å². The third kappa shape index (κ3) is 2.61. The molecule has 0 aromatic heterocycles. The predicted octanol–water partition coefficient (Wildman–Crippen LogP) is 1.19. The van der Waals surface area contributed by atoms with Crippen molar-refractivity contribution < 1.29 is 9.53 Å². The summed E-state index contributed by atoms with van der Waals surface area (Å²) in [5.74, 6) is 2.20. The maximum atomic E-state index is 11.0. The summed E-state index contributed by atoms with van der Waals surface area (Å²) in [5, 5.41) is 0. The van der Waals surface area contributed by atoms with Crippen LogP contribution in [0.4, 0.5) is 4.79 Å². The lowest BCUT2D eigenvalue weighted by atomic mass is 10.4. The monoisotopic (exact) mass is 175 g/mol. The minimum absolute atomic E-state index is 0.187. The second-order valence-corrected chi connectivity index (χ2v) is 3.65. The van der Waals surface area contributed by atoms with E-state index in [2.05, 4.69) is 4.74 Å². The number of carbonyl (C=O) groups is 1. The van der Waals surface area contributed by atoms with Crippen LogP contribution in [0, 0.1) is 0 Å². The first-order valence-electron chi connectivity index (χ1n) is 3.75. The van der Waals surface area contributed by atoms with E-state index in [1.807, 2.05) is 11.8 Å². The fourth-order valence-electron chi connectivity index (χ4n) is 1.06. The van der Waals surface area contributed by atoms with Gasteiger partial charge >= 0.3 is 6.09 Å². The Labute approximate surface area is 71.1 Å². The molecule has 4 heteroatoms. The number of carbonyl (C=O) groups excluding carboxylic acids is 1. The van der Waals surface area contributed by atoms with E-state index >= 15 is 0 Å². The predicted molar refractivity (Wildman–Crippen MR) is 45.9 cm³/mol. The van der Waals surface area contributed by atoms with Crippen molar-refractivity contribution in [1.82, 2.24) is 4.90 Å². The van der Waals surface area contributed by atoms with Gasteiger partial charge in [-0.15, -0.1) is 0 Å². The van der Waals surface area contributed by atoms with Crippen molar-refractivity contribution in [3.05, 3.63) is 0 Å². The highest BCUT2D eigenvalue weighted by Gasteiger charge is 2.14. The smallest absolute Gasteiger partial charge is 0.409 e. The summed E-state index contributed by atoms with van der Waals surface area (Å²) in [6.45, 7) is 1.68. The molecule has 0 aromatic rings. The molecule has 1 amide bonds. The Balaban J connectivity index is 2.36. The molecule has 0 unspecified atom stereocenters. The molecule has 0 saturated carbocycles. The van der Waals surface area contributed by atoms with Gasteiger partial charge in [0.15, 0.2) is 0 Å². The van der Waals surface area contributed by atoms with Gasteiger partial charge in [0, 0.05) is 18.8 Å². The van der Waals surface area contributed by atoms with E-state index in [1.165, 1.54) is 7.11 Å². The standard InChI is InChI=1S/C7H13NO2S/c1-10-7(9)8-3-2-5-11-6-4-8/h2-6H2,1H3. The minimum atomic E-state index is -0.187. The van der Waals surface area contributed by atoms with Gasteiger partial charge in [-0.25, -0.2) is 4.79 Å². The van der Waals surface area contributed by atoms with Gasteiger partial charge in [0.05, 0.1) is 7.11 Å². The quantitative estimate of drug-likeness (QED) is 0.554. The normalized spacial score (nSPS) is 19.2. The zero-order valence-corrected chi connectivity index (χ0v) is 7.52. The van der Waals surface area contributed by atoms with E-state index in [9.17, 15) is 4.79 Å². The third-order valence-electron chi connectivity index (χ3n) is 1.66. The summed E-state index contributed by atoms with van der Waals surface area (Å²) in [6, 6.07) is 0. The van der Waals surface area contributed by atoms with Gasteiger partial charge in [-0.2, -0.15) is 11.8 Å². The summed E-state index contributed by atoms with van der Waals surface area (Å²) < 4.78 is 4.62. The number of nitrogens with zero attached hydrogens (tertiary/aromatic N) is 1. The molecule has 0 spiro atoms. The second kappa shape index (κ2) is 4.49. The van der Waals surface area contributed by atoms with Gasteiger partial charge < -0.3 is 9.64 Å². The van der Waals surface area contributed by atoms with E-state index in [1.54, 1.807) is 4.90 Å². The van der Waals surface area contributed by atoms with Crippen LogP contribution >= 0.6 is 11.8 Å². The van der Waals surface area contributed by atoms with Crippen molar-refractivity contribution in [1.29, 1.82) is 0 Å². The summed E-state index contributed by atoms with van der Waals surface area (Å²) in [4.78, 5) is 12.8. The highest BCUT2D eigenvalue weighted by Crippen LogP contribution is 2.10. The van der Waals surface area contributed by atoms with Gasteiger partial charge in [0.2, 0.25) is 0 Å². The molecule has 1 aliphatic rings. The Morgan fingerprint density at radius 2 is 2.27 bits per heavy atom. The van der Waals surface area contributed by atoms with Gasteiger partial charge in [-0.1, -0.05) is 0 Å². The molecule has 0 radical (unpaired) electrons. The van der Waals surface area contributed by atoms with Gasteiger partial charge in [0.1, 0.15) is 0 Å². The Kier molecular flexibility index (Phi) is 3.56. The molecule has 11 heavy (non-hydrogen) atoms. The molecule has 1 fully saturated rings. The maximum Gasteiger partial charge on any atom is 0.409 e. The van der Waals surface area contributed by atoms with Crippen molar-refractivity contribution in [2.75, 3.05) is 31.7 Å². The highest BCUT2D eigenvalue weighted by molar-refractivity contribution is 7.99. The number of amides is 1. The molecular formula is C7H13NO2S. The molecule has 64 valence electrons. The van der Waals surface area contributed by atoms with Crippen molar-refractivity contribution >= 4 is 17.9 Å². The van der Waals surface area contributed by atoms with E-state index in [0.717, 1.165) is 31.0 Å². The Morgan fingerprint density at radius 3 is 3.00 bits per heavy atom. The molecule has 3 nitrogen and oxygen atoms in total. The Hall–Kier alpha value is -0.380. The molecule has 0 bridgehead atoms. The van der Waals surface area contributed by atoms with Crippen LogP contribution in [0.1, 0.15) is 6.42 Å². The molecule has 1 aliphatic heterocycles. The van der Waals surface area contributed by atoms with Gasteiger partial charge in [-0.05, 0) is 12.2 Å². The van der Waals surface area contributed by atoms with Crippen LogP contribution in [0.5, 0.6) is 0 Å². The third-order valence-corrected chi connectivity index (χ3v) is 2.70. The molecule has 1 rings (SSSR count). The van der Waals surface area contributed by atoms with Crippen molar-refractivity contribution in [2.24, 2.45) is 0 Å². The lowest BCUT2D eigenvalue weighted by Crippen LogP contribution is -2.32. The average molecular weight is 175 g/mol. The van der Waals surface area contributed by atoms with E-state index in [-0.39, 0.29) is 6.09 Å². The van der Waals surface area contributed by atoms with Crippen molar-refractivity contribution in [3.8, 4) is 0 Å². The molecule has 0 aromatic carbocycles. The fourth-order valence-corrected chi connectivity index (χ4v) is 1.94. The number of rotatable bonds is 0. The van der Waals surface area contributed by atoms with Gasteiger partial charge in [-0.3, -0.25) is 0 Å². The van der Waals surface area contributed by atoms with Crippen molar-refractivity contribution in [3.63, 3.8) is 0 Å². The SMILES string of the molecule is COC(=O)N1CCCSCC1. The molecular weight excluding hydrogens is 162 g/mol. The number of hydrogen-bond acceptors (Lipinski definition) is 3. The Morgan fingerprint density at radius 1 is 1.45 bits per heavy atom. The van der Waals surface area contributed by atoms with Crippen LogP contribution in [0.15, 0.2) is 0 Å². The van der Waals surface area contributed by atoms with E-state index in [4.69, 9.17) is 0 Å². The number of ether oxygens (including phenoxy) is 1. The molecule has 1 heterocycles. The van der Waals surface area contributed by atoms with Crippen LogP contribution in [0.2, 0.25) is 0 Å². The fraction of sp³-hybridized carbons (Fsp3) is 0.857. The molecule has 0 aliphatic carbocycles. The van der Waals surface area contributed by atoms with Crippen LogP contribution < -0.4 is 0 Å². The van der Waals surface area contributed by atoms with Crippen LogP contribution in [-0.4, -0.2) is 42.7 Å². The first-order chi connectivity index (χ1) is 5.34. The van der Waals surface area contributed by atoms with E-state index < -0.39 is 0 Å². The van der Waals surface area contributed by atoms with Gasteiger partial charge in [0.25, 0.3) is 0 Å². The summed E-state index contributed by atoms with van der Waals surface area (Å²) >= 11 is 1.90. The summed E-state index contributed by atoms with van der Waals surface area (Å²) in [5.41, 5.74) is 0. The first-order valence-corrected chi connectivity index (χ1v) is 4.90. The molecule has 0 atom stereocenters. The largest absolute Gasteiger partial charge is 0.453 e. The van der Waals surface area contributed by atoms with Crippen LogP contribution in [-0.2, 0) is 4.74 Å². The lowest BCUT2D eigenvalue weighted by molar-refractivity contribution is 0.127. The molecule has 0 N–H and O–H groups in total. The average Bonchev–Trinajstić information content (AvgIpc) is 2.30. The minimum Gasteiger partial charge on any atom is -0.453 e. The first kappa shape index (κ1) is 8.71. The van der Waals surface area contributed by atoms with E-state index in [0.29, 0.717) is 0 Å². The maximum absolute atomic E-state index is 11.0. The highest BCUT2D eigenvalue weighted by atomic mass is 32.2. The summed E-state index contributed by atoms with van der Waals surface area (Å²) in [7, 11) is 1.43. The number of hydrogen-bond donors (Lipinski definition) is 0. The lowest BCUT2D eigenvalue weighted by Gasteiger charge is -2.17. The zero-order chi connectivity index (χ0) is 8.10. The number of thioether (sulfide) groups is 1. The zero-order valence-electron chi connectivity index (χ0n) is 6.71. The summed E-state index contributed by atoms with van der Waals surface area (Å²) in [6.07, 6.45) is 0.896. The Bertz CT molecular complexity index is 132. The molecule has 1 saturated heterocycles. The number of methoxy groups -OCH3 is 1. The second-order valence-electron chi connectivity index (χ2n) is 2.42. The van der Waals surface area contributed by atoms with Crippen LogP contribution in [0.25, 0.3) is 0 Å².